The second-order valence-corrected chi connectivity index (χ2v) is 12.3. The predicted molar refractivity (Wildman–Crippen MR) is 126 cm³/mol. The third-order valence-corrected chi connectivity index (χ3v) is 10.5. The number of rotatable bonds is 1. The highest BCUT2D eigenvalue weighted by Gasteiger charge is 2.72. The van der Waals surface area contributed by atoms with Crippen LogP contribution in [0.4, 0.5) is 0 Å². The molecule has 4 fully saturated rings. The van der Waals surface area contributed by atoms with Crippen molar-refractivity contribution in [1.29, 1.82) is 0 Å². The van der Waals surface area contributed by atoms with E-state index in [-0.39, 0.29) is 22.0 Å². The fourth-order valence-electron chi connectivity index (χ4n) is 9.89. The molecule has 0 aromatic heterocycles. The van der Waals surface area contributed by atoms with Gasteiger partial charge in [0.05, 0.1) is 45.3 Å². The summed E-state index contributed by atoms with van der Waals surface area (Å²) in [5.41, 5.74) is 1.89. The van der Waals surface area contributed by atoms with Crippen LogP contribution in [0.2, 0.25) is 16.0 Å². The van der Waals surface area contributed by atoms with Gasteiger partial charge in [0.15, 0.2) is 5.78 Å². The molecule has 138 valence electrons. The van der Waals surface area contributed by atoms with Gasteiger partial charge in [-0.2, -0.15) is 0 Å². The van der Waals surface area contributed by atoms with Crippen LogP contribution in [0, 0.1) is 28.6 Å². The molecule has 1 N–H and O–H groups in total. The molecule has 8 heteroatoms. The molecule has 0 bridgehead atoms. The second-order valence-electron chi connectivity index (χ2n) is 12.3. The van der Waals surface area contributed by atoms with Gasteiger partial charge in [0.25, 0.3) is 0 Å². The summed E-state index contributed by atoms with van der Waals surface area (Å²) < 4.78 is 0. The molecule has 4 aliphatic carbocycles. The van der Waals surface area contributed by atoms with E-state index in [1.165, 1.54) is 38.5 Å². The van der Waals surface area contributed by atoms with Gasteiger partial charge in [0, 0.05) is 6.42 Å². The summed E-state index contributed by atoms with van der Waals surface area (Å²) in [5, 5.41) is 11.6. The van der Waals surface area contributed by atoms with Crippen LogP contribution in [0.1, 0.15) is 44.9 Å². The van der Waals surface area contributed by atoms with Gasteiger partial charge in [0.1, 0.15) is 7.28 Å². The molecule has 2 nitrogen and oxygen atoms in total. The van der Waals surface area contributed by atoms with Crippen molar-refractivity contribution >= 4 is 52.3 Å². The smallest absolute Gasteiger partial charge is 0.155 e. The molecular weight excluding hydrogens is 325 g/mol. The Balaban J connectivity index is 1.60. The molecule has 1 heterocycles. The van der Waals surface area contributed by atoms with E-state index in [1.807, 2.05) is 0 Å². The van der Waals surface area contributed by atoms with E-state index in [0.717, 1.165) is 31.1 Å². The maximum absolute atomic E-state index is 12.4. The Morgan fingerprint density at radius 2 is 1.85 bits per heavy atom. The zero-order valence-electron chi connectivity index (χ0n) is 18.0. The van der Waals surface area contributed by atoms with Gasteiger partial charge >= 0.3 is 0 Å². The number of hydrogen-bond acceptors (Lipinski definition) is 2. The van der Waals surface area contributed by atoms with E-state index in [0.29, 0.717) is 22.6 Å². The zero-order chi connectivity index (χ0) is 19.4. The Morgan fingerprint density at radius 1 is 1.11 bits per heavy atom. The van der Waals surface area contributed by atoms with Crippen LogP contribution in [0.15, 0.2) is 11.6 Å². The summed E-state index contributed by atoms with van der Waals surface area (Å²) in [6.45, 7) is 0. The van der Waals surface area contributed by atoms with Gasteiger partial charge in [-0.25, -0.2) is 0 Å². The molecule has 0 radical (unpaired) electrons. The van der Waals surface area contributed by atoms with Crippen LogP contribution < -0.4 is 0 Å². The molecule has 5 aliphatic rings. The highest BCUT2D eigenvalue weighted by molar-refractivity contribution is 6.73. The molecule has 1 aliphatic heterocycles. The Labute approximate surface area is 169 Å². The van der Waals surface area contributed by atoms with Crippen LogP contribution in [0.5, 0.6) is 0 Å². The van der Waals surface area contributed by atoms with Crippen LogP contribution in [-0.2, 0) is 4.79 Å². The quantitative estimate of drug-likeness (QED) is 0.552. The average Bonchev–Trinajstić information content (AvgIpc) is 2.91. The number of allylic oxidation sites excluding steroid dienone is 1. The third kappa shape index (κ3) is 2.02. The molecule has 3 saturated carbocycles. The maximum Gasteiger partial charge on any atom is 0.155 e. The van der Waals surface area contributed by atoms with E-state index >= 15 is 0 Å². The molecule has 1 spiro atoms. The largest absolute Gasteiger partial charge is 0.393 e. The lowest BCUT2D eigenvalue weighted by Crippen LogP contribution is -2.68. The molecular formula is C19H32B6O2. The lowest BCUT2D eigenvalue weighted by atomic mass is 9.05. The van der Waals surface area contributed by atoms with Crippen molar-refractivity contribution in [3.05, 3.63) is 11.6 Å². The van der Waals surface area contributed by atoms with Crippen molar-refractivity contribution in [2.75, 3.05) is 0 Å². The standard InChI is InChI=1S/C19H32B6O2/c20-18(21,22)16-6-5-13-11(12(16)3-4-15(16)27)2-1-9-7-10(26)8-14-17(9,13)19(23,24)25-14/h7,11-15,25,27H,1-6,8,20-24H2/t11-,12-,13-,14?,15-,16?,17?/m0/s1. The van der Waals surface area contributed by atoms with Gasteiger partial charge in [-0.15, -0.1) is 5.11 Å². The lowest BCUT2D eigenvalue weighted by molar-refractivity contribution is -0.120. The minimum absolute atomic E-state index is 0.0971. The number of hydrogen-bond donors (Lipinski definition) is 1. The molecule has 7 atom stereocenters. The van der Waals surface area contributed by atoms with Crippen molar-refractivity contribution < 1.29 is 9.90 Å². The normalized spacial score (nSPS) is 50.2. The average molecular weight is 357 g/mol. The first-order valence-electron chi connectivity index (χ1n) is 11.5. The van der Waals surface area contributed by atoms with Gasteiger partial charge in [0.2, 0.25) is 0 Å². The van der Waals surface area contributed by atoms with Gasteiger partial charge < -0.3 is 5.11 Å². The first-order valence-corrected chi connectivity index (χ1v) is 11.5. The van der Waals surface area contributed by atoms with Crippen molar-refractivity contribution in [2.24, 2.45) is 28.6 Å². The number of carbonyl (C=O) groups excluding carboxylic acids is 1. The Bertz CT molecular complexity index is 730. The number of carbonyl (C=O) groups is 1. The van der Waals surface area contributed by atoms with E-state index in [2.05, 4.69) is 45.3 Å². The van der Waals surface area contributed by atoms with E-state index in [9.17, 15) is 9.90 Å². The minimum Gasteiger partial charge on any atom is -0.393 e. The Morgan fingerprint density at radius 3 is 2.52 bits per heavy atom. The van der Waals surface area contributed by atoms with E-state index in [1.54, 1.807) is 0 Å². The number of aliphatic hydroxyl groups is 1. The molecule has 0 aromatic carbocycles. The molecule has 27 heavy (non-hydrogen) atoms. The van der Waals surface area contributed by atoms with Crippen molar-refractivity contribution in [3.63, 3.8) is 0 Å². The summed E-state index contributed by atoms with van der Waals surface area (Å²) in [6.07, 6.45) is 9.72. The van der Waals surface area contributed by atoms with E-state index < -0.39 is 0 Å². The monoisotopic (exact) mass is 358 g/mol. The molecule has 5 rings (SSSR count). The van der Waals surface area contributed by atoms with Gasteiger partial charge in [-0.05, 0) is 73.2 Å². The van der Waals surface area contributed by atoms with Crippen LogP contribution in [0.25, 0.3) is 0 Å². The highest BCUT2D eigenvalue weighted by Crippen LogP contribution is 2.78. The topological polar surface area (TPSA) is 37.3 Å². The first-order chi connectivity index (χ1) is 12.6. The summed E-state index contributed by atoms with van der Waals surface area (Å²) >= 11 is 0. The summed E-state index contributed by atoms with van der Waals surface area (Å²) in [6, 6.07) is 0. The fourth-order valence-corrected chi connectivity index (χ4v) is 9.89. The van der Waals surface area contributed by atoms with Gasteiger partial charge in [-0.3, -0.25) is 4.79 Å². The molecule has 3 unspecified atom stereocenters. The molecule has 0 amide bonds. The van der Waals surface area contributed by atoms with Crippen LogP contribution >= 0.6 is 0 Å². The second kappa shape index (κ2) is 5.46. The maximum atomic E-state index is 12.4. The first kappa shape index (κ1) is 18.8. The Hall–Kier alpha value is -0.240. The zero-order valence-corrected chi connectivity index (χ0v) is 18.0. The SMILES string of the molecule is BC(B)(B)C12CC[C@H]3[C@@H](CCC4=CC(=O)CC5BC(B)(B)C453)[C@@H]1CC[C@@H]2O. The highest BCUT2D eigenvalue weighted by atomic mass is 16.3. The molecule has 1 saturated heterocycles. The minimum atomic E-state index is -0.129. The fraction of sp³-hybridized carbons (Fsp3) is 0.842. The van der Waals surface area contributed by atoms with Crippen LogP contribution in [-0.4, -0.2) is 63.5 Å². The van der Waals surface area contributed by atoms with Crippen molar-refractivity contribution in [1.82, 2.24) is 0 Å². The lowest BCUT2D eigenvalue weighted by Gasteiger charge is -2.74. The third-order valence-electron chi connectivity index (χ3n) is 10.5. The van der Waals surface area contributed by atoms with Crippen molar-refractivity contribution in [3.8, 4) is 0 Å². The predicted octanol–water partition coefficient (Wildman–Crippen LogP) is -2.00. The van der Waals surface area contributed by atoms with Crippen LogP contribution in [0.3, 0.4) is 0 Å². The number of ketones is 1. The molecule has 0 aromatic rings. The summed E-state index contributed by atoms with van der Waals surface area (Å²) in [7, 11) is 13.3. The summed E-state index contributed by atoms with van der Waals surface area (Å²) in [4.78, 5) is 12.4. The summed E-state index contributed by atoms with van der Waals surface area (Å²) in [5.74, 6) is 3.10. The number of fused-ring (bicyclic) bond motifs is 3. The number of aliphatic hydroxyl groups excluding tert-OH is 1. The van der Waals surface area contributed by atoms with Crippen molar-refractivity contribution in [2.45, 2.75) is 67.1 Å². The van der Waals surface area contributed by atoms with E-state index in [4.69, 9.17) is 0 Å². The Kier molecular flexibility index (Phi) is 3.80. The van der Waals surface area contributed by atoms with Gasteiger partial charge in [-0.1, -0.05) is 16.5 Å².